The minimum Gasteiger partial charge on any atom is -0.465 e. The summed E-state index contributed by atoms with van der Waals surface area (Å²) in [6, 6.07) is 21.2. The number of hydrazine groups is 1. The third kappa shape index (κ3) is 7.96. The number of esters is 2. The maximum Gasteiger partial charge on any atom is 0.426 e. The summed E-state index contributed by atoms with van der Waals surface area (Å²) < 4.78 is 17.0. The highest BCUT2D eigenvalue weighted by molar-refractivity contribution is 8.00. The molecule has 0 bridgehead atoms. The summed E-state index contributed by atoms with van der Waals surface area (Å²) in [6.45, 7) is 5.92. The van der Waals surface area contributed by atoms with Crippen molar-refractivity contribution in [3.05, 3.63) is 94.2 Å². The van der Waals surface area contributed by atoms with Crippen LogP contribution in [-0.2, 0) is 39.8 Å². The number of ether oxygens (including phenoxy) is 3. The Bertz CT molecular complexity index is 1560. The second-order valence-corrected chi connectivity index (χ2v) is 14.6. The lowest BCUT2D eigenvalue weighted by Gasteiger charge is -2.55. The highest BCUT2D eigenvalue weighted by Gasteiger charge is 2.61. The minimum atomic E-state index is -1.39. The van der Waals surface area contributed by atoms with Gasteiger partial charge < -0.3 is 19.1 Å². The van der Waals surface area contributed by atoms with E-state index in [1.807, 2.05) is 72.1 Å². The van der Waals surface area contributed by atoms with Crippen LogP contribution >= 0.6 is 23.1 Å². The van der Waals surface area contributed by atoms with Gasteiger partial charge in [-0.15, -0.1) is 23.1 Å². The predicted octanol–water partition coefficient (Wildman–Crippen LogP) is 4.72. The molecule has 3 amide bonds. The zero-order valence-electron chi connectivity index (χ0n) is 26.5. The van der Waals surface area contributed by atoms with E-state index in [-0.39, 0.29) is 25.3 Å². The van der Waals surface area contributed by atoms with E-state index in [4.69, 9.17) is 14.2 Å². The summed E-state index contributed by atoms with van der Waals surface area (Å²) in [5.41, 5.74) is 1.78. The van der Waals surface area contributed by atoms with E-state index < -0.39 is 58.4 Å². The first-order valence-corrected chi connectivity index (χ1v) is 17.0. The van der Waals surface area contributed by atoms with E-state index in [1.54, 1.807) is 26.8 Å². The molecule has 2 saturated heterocycles. The number of fused-ring (bicyclic) bond motifs is 1. The average Bonchev–Trinajstić information content (AvgIpc) is 3.55. The van der Waals surface area contributed by atoms with E-state index in [2.05, 4.69) is 5.43 Å². The Labute approximate surface area is 281 Å². The van der Waals surface area contributed by atoms with Gasteiger partial charge in [-0.25, -0.2) is 15.2 Å². The molecule has 3 atom stereocenters. The smallest absolute Gasteiger partial charge is 0.426 e. The van der Waals surface area contributed by atoms with Crippen molar-refractivity contribution < 1.29 is 38.2 Å². The normalized spacial score (nSPS) is 20.4. The van der Waals surface area contributed by atoms with Gasteiger partial charge in [-0.2, -0.15) is 0 Å². The number of thiophene rings is 1. The fraction of sp³-hybridized carbons (Fsp3) is 0.382. The summed E-state index contributed by atoms with van der Waals surface area (Å²) in [6.07, 6.45) is -1.65. The molecule has 47 heavy (non-hydrogen) atoms. The Balaban J connectivity index is 1.39. The first kappa shape index (κ1) is 34.0. The van der Waals surface area contributed by atoms with Crippen LogP contribution in [0.15, 0.2) is 78.2 Å². The van der Waals surface area contributed by atoms with Gasteiger partial charge in [0.15, 0.2) is 12.1 Å². The fourth-order valence-electron chi connectivity index (χ4n) is 5.37. The fourth-order valence-corrected chi connectivity index (χ4v) is 7.63. The van der Waals surface area contributed by atoms with Crippen LogP contribution in [0.1, 0.15) is 49.8 Å². The topological polar surface area (TPSA) is 132 Å². The molecule has 248 valence electrons. The maximum absolute atomic E-state index is 14.2. The number of β-lactam (4-membered cyclic amide) rings is 1. The van der Waals surface area contributed by atoms with Crippen molar-refractivity contribution in [2.75, 3.05) is 18.9 Å². The van der Waals surface area contributed by atoms with Crippen LogP contribution in [0.3, 0.4) is 0 Å². The van der Waals surface area contributed by atoms with Crippen LogP contribution in [-0.4, -0.2) is 75.7 Å². The standard InChI is InChI=1S/C34H37N3O8S2/c1-22(38)43-20-34(31(41)44-28(23-12-7-5-8-13-23)24-14-9-6-10-15-24)19-36-29(40)27(30(36)47-21-34)37(35-32(42)45-33(2,3)4)26(39)18-25-16-11-17-46-25/h5-17,27-28,30H,18-21H2,1-4H3,(H,35,42)/t27?,30-,34?/m1/s1. The lowest BCUT2D eigenvalue weighted by atomic mass is 9.87. The number of hydrogen-bond donors (Lipinski definition) is 1. The molecule has 13 heteroatoms. The molecule has 11 nitrogen and oxygen atoms in total. The summed E-state index contributed by atoms with van der Waals surface area (Å²) >= 11 is 2.64. The Morgan fingerprint density at radius 1 is 1.00 bits per heavy atom. The Hall–Kier alpha value is -4.36. The average molecular weight is 680 g/mol. The molecule has 2 aliphatic heterocycles. The van der Waals surface area contributed by atoms with Gasteiger partial charge >= 0.3 is 18.0 Å². The van der Waals surface area contributed by atoms with Crippen molar-refractivity contribution in [2.45, 2.75) is 57.2 Å². The van der Waals surface area contributed by atoms with Crippen LogP contribution in [0.4, 0.5) is 4.79 Å². The first-order valence-electron chi connectivity index (χ1n) is 15.1. The molecule has 2 aromatic carbocycles. The first-order chi connectivity index (χ1) is 22.4. The van der Waals surface area contributed by atoms with Crippen molar-refractivity contribution in [3.8, 4) is 0 Å². The van der Waals surface area contributed by atoms with Crippen LogP contribution < -0.4 is 5.43 Å². The minimum absolute atomic E-state index is 0.0301. The van der Waals surface area contributed by atoms with Crippen molar-refractivity contribution in [1.29, 1.82) is 0 Å². The summed E-state index contributed by atoms with van der Waals surface area (Å²) in [4.78, 5) is 68.4. The van der Waals surface area contributed by atoms with Gasteiger partial charge in [-0.1, -0.05) is 66.7 Å². The quantitative estimate of drug-likeness (QED) is 0.148. The molecule has 0 spiro atoms. The predicted molar refractivity (Wildman–Crippen MR) is 176 cm³/mol. The van der Waals surface area contributed by atoms with E-state index in [9.17, 15) is 24.0 Å². The van der Waals surface area contributed by atoms with Crippen LogP contribution in [0.5, 0.6) is 0 Å². The number of carbonyl (C=O) groups is 5. The SMILES string of the molecule is CC(=O)OCC1(C(=O)OC(c2ccccc2)c2ccccc2)CS[C@@H]2C(N(NC(=O)OC(C)(C)C)C(=O)Cc3cccs3)C(=O)N2C1. The van der Waals surface area contributed by atoms with Gasteiger partial charge in [0.25, 0.3) is 5.91 Å². The van der Waals surface area contributed by atoms with Crippen molar-refractivity contribution in [3.63, 3.8) is 0 Å². The molecule has 0 aliphatic carbocycles. The van der Waals surface area contributed by atoms with Crippen molar-refractivity contribution >= 4 is 52.9 Å². The van der Waals surface area contributed by atoms with Crippen LogP contribution in [0, 0.1) is 5.41 Å². The monoisotopic (exact) mass is 679 g/mol. The van der Waals surface area contributed by atoms with Gasteiger partial charge in [0.05, 0.1) is 6.42 Å². The number of hydrogen-bond acceptors (Lipinski definition) is 10. The second-order valence-electron chi connectivity index (χ2n) is 12.4. The number of nitrogens with zero attached hydrogens (tertiary/aromatic N) is 2. The molecule has 0 saturated carbocycles. The molecule has 1 aromatic heterocycles. The summed E-state index contributed by atoms with van der Waals surface area (Å²) in [5.74, 6) is -2.04. The molecular weight excluding hydrogens is 643 g/mol. The number of thioether (sulfide) groups is 1. The van der Waals surface area contributed by atoms with Crippen LogP contribution in [0.25, 0.3) is 0 Å². The lowest BCUT2D eigenvalue weighted by molar-refractivity contribution is -0.176. The number of rotatable bonds is 9. The number of benzene rings is 2. The Morgan fingerprint density at radius 2 is 1.64 bits per heavy atom. The van der Waals surface area contributed by atoms with E-state index in [1.165, 1.54) is 34.9 Å². The van der Waals surface area contributed by atoms with Crippen molar-refractivity contribution in [2.24, 2.45) is 5.41 Å². The number of nitrogens with one attached hydrogen (secondary N) is 1. The number of carbonyl (C=O) groups excluding carboxylic acids is 5. The van der Waals surface area contributed by atoms with E-state index >= 15 is 0 Å². The molecule has 3 heterocycles. The zero-order chi connectivity index (χ0) is 33.8. The summed E-state index contributed by atoms with van der Waals surface area (Å²) in [7, 11) is 0. The Morgan fingerprint density at radius 3 is 2.19 bits per heavy atom. The van der Waals surface area contributed by atoms with Crippen molar-refractivity contribution in [1.82, 2.24) is 15.3 Å². The molecule has 3 aromatic rings. The zero-order valence-corrected chi connectivity index (χ0v) is 28.2. The molecule has 2 unspecified atom stereocenters. The summed E-state index contributed by atoms with van der Waals surface area (Å²) in [5, 5.41) is 2.30. The number of amides is 3. The van der Waals surface area contributed by atoms with Crippen LogP contribution in [0.2, 0.25) is 0 Å². The largest absolute Gasteiger partial charge is 0.465 e. The molecule has 0 radical (unpaired) electrons. The third-order valence-corrected chi connectivity index (χ3v) is 10.0. The molecule has 5 rings (SSSR count). The van der Waals surface area contributed by atoms with Gasteiger partial charge in [-0.05, 0) is 43.3 Å². The highest BCUT2D eigenvalue weighted by atomic mass is 32.2. The van der Waals surface area contributed by atoms with E-state index in [0.29, 0.717) is 0 Å². The Kier molecular flexibility index (Phi) is 10.3. The molecule has 2 fully saturated rings. The molecule has 1 N–H and O–H groups in total. The highest BCUT2D eigenvalue weighted by Crippen LogP contribution is 2.45. The molecule has 2 aliphatic rings. The van der Waals surface area contributed by atoms with Gasteiger partial charge in [0.1, 0.15) is 23.0 Å². The lowest BCUT2D eigenvalue weighted by Crippen LogP contribution is -2.76. The van der Waals surface area contributed by atoms with E-state index in [0.717, 1.165) is 21.0 Å². The maximum atomic E-state index is 14.2. The second kappa shape index (κ2) is 14.2. The molecular formula is C34H37N3O8S2. The van der Waals surface area contributed by atoms with Gasteiger partial charge in [0, 0.05) is 24.1 Å². The third-order valence-electron chi connectivity index (χ3n) is 7.59. The van der Waals surface area contributed by atoms with Gasteiger partial charge in [-0.3, -0.25) is 19.2 Å². The van der Waals surface area contributed by atoms with Gasteiger partial charge in [0.2, 0.25) is 5.91 Å².